The Bertz CT molecular complexity index is 704. The van der Waals surface area contributed by atoms with E-state index in [4.69, 9.17) is 0 Å². The second-order valence-electron chi connectivity index (χ2n) is 7.22. The maximum Gasteiger partial charge on any atom is 0.226 e. The minimum atomic E-state index is 0.186. The largest absolute Gasteiger partial charge is 0.341 e. The van der Waals surface area contributed by atoms with Crippen LogP contribution in [-0.4, -0.2) is 37.5 Å². The third-order valence-corrected chi connectivity index (χ3v) is 5.20. The van der Waals surface area contributed by atoms with Crippen LogP contribution in [0.1, 0.15) is 24.0 Å². The lowest BCUT2D eigenvalue weighted by molar-refractivity contribution is -0.899. The highest BCUT2D eigenvalue weighted by atomic mass is 16.2. The molecule has 1 N–H and O–H groups in total. The van der Waals surface area contributed by atoms with Gasteiger partial charge in [0.15, 0.2) is 0 Å². The van der Waals surface area contributed by atoms with E-state index in [9.17, 15) is 4.79 Å². The normalized spacial score (nSPS) is 20.2. The number of nitrogens with one attached hydrogen (secondary N) is 1. The lowest BCUT2D eigenvalue weighted by atomic mass is 9.95. The zero-order valence-corrected chi connectivity index (χ0v) is 15.6. The van der Waals surface area contributed by atoms with E-state index in [2.05, 4.69) is 48.6 Å². The molecule has 0 atom stereocenters. The number of piperidine rings is 1. The fourth-order valence-corrected chi connectivity index (χ4v) is 3.65. The van der Waals surface area contributed by atoms with Gasteiger partial charge in [-0.3, -0.25) is 4.79 Å². The molecule has 2 aromatic carbocycles. The minimum absolute atomic E-state index is 0.186. The highest BCUT2D eigenvalue weighted by molar-refractivity contribution is 5.78. The summed E-state index contributed by atoms with van der Waals surface area (Å²) in [6, 6.07) is 20.6. The predicted octanol–water partition coefficient (Wildman–Crippen LogP) is 2.65. The molecule has 3 rings (SSSR count). The van der Waals surface area contributed by atoms with Gasteiger partial charge in [-0.2, -0.15) is 0 Å². The fourth-order valence-electron chi connectivity index (χ4n) is 3.65. The van der Waals surface area contributed by atoms with E-state index in [1.54, 1.807) is 4.90 Å². The van der Waals surface area contributed by atoms with Gasteiger partial charge in [-0.1, -0.05) is 66.7 Å². The zero-order valence-electron chi connectivity index (χ0n) is 15.6. The number of carbonyl (C=O) groups is 1. The Hall–Kier alpha value is -2.39. The molecule has 136 valence electrons. The van der Waals surface area contributed by atoms with E-state index in [1.165, 1.54) is 11.1 Å². The predicted molar refractivity (Wildman–Crippen MR) is 107 cm³/mol. The Kier molecular flexibility index (Phi) is 6.62. The molecule has 3 nitrogen and oxygen atoms in total. The molecular weight excluding hydrogens is 320 g/mol. The number of amides is 1. The van der Waals surface area contributed by atoms with Gasteiger partial charge in [-0.25, -0.2) is 0 Å². The Balaban J connectivity index is 1.42. The number of nitrogens with zero attached hydrogens (tertiary/aromatic N) is 1. The van der Waals surface area contributed by atoms with Crippen molar-refractivity contribution >= 4 is 12.0 Å². The molecule has 0 saturated carbocycles. The second kappa shape index (κ2) is 9.35. The average Bonchev–Trinajstić information content (AvgIpc) is 2.69. The van der Waals surface area contributed by atoms with Gasteiger partial charge in [0.25, 0.3) is 0 Å². The summed E-state index contributed by atoms with van der Waals surface area (Å²) < 4.78 is 0. The second-order valence-corrected chi connectivity index (χ2v) is 7.22. The smallest absolute Gasteiger partial charge is 0.226 e. The Morgan fingerprint density at radius 1 is 1.04 bits per heavy atom. The van der Waals surface area contributed by atoms with Crippen LogP contribution in [0.15, 0.2) is 66.7 Å². The highest BCUT2D eigenvalue weighted by Crippen LogP contribution is 2.14. The number of hydrogen-bond donors (Lipinski definition) is 1. The lowest BCUT2D eigenvalue weighted by Gasteiger charge is -2.30. The fraction of sp³-hybridized carbons (Fsp3) is 0.348. The molecule has 1 heterocycles. The maximum atomic E-state index is 12.7. The third kappa shape index (κ3) is 5.30. The summed E-state index contributed by atoms with van der Waals surface area (Å²) in [7, 11) is 1.93. The van der Waals surface area contributed by atoms with Crippen LogP contribution in [-0.2, 0) is 11.3 Å². The number of rotatable bonds is 6. The SMILES string of the molecule is CN(Cc1ccccc1)C(=O)C1CC[NH+](C/C=C/c2ccccc2)CC1. The topological polar surface area (TPSA) is 24.8 Å². The molecule has 1 saturated heterocycles. The van der Waals surface area contributed by atoms with Crippen molar-refractivity contribution in [1.29, 1.82) is 0 Å². The van der Waals surface area contributed by atoms with Crippen molar-refractivity contribution in [2.24, 2.45) is 5.92 Å². The van der Waals surface area contributed by atoms with Crippen molar-refractivity contribution in [3.63, 3.8) is 0 Å². The monoisotopic (exact) mass is 349 g/mol. The minimum Gasteiger partial charge on any atom is -0.341 e. The molecule has 1 aliphatic rings. The van der Waals surface area contributed by atoms with Crippen molar-refractivity contribution in [3.05, 3.63) is 77.9 Å². The number of hydrogen-bond acceptors (Lipinski definition) is 1. The quantitative estimate of drug-likeness (QED) is 0.852. The summed E-state index contributed by atoms with van der Waals surface area (Å²) in [4.78, 5) is 16.2. The summed E-state index contributed by atoms with van der Waals surface area (Å²) in [5.74, 6) is 0.485. The average molecular weight is 349 g/mol. The van der Waals surface area contributed by atoms with Crippen molar-refractivity contribution in [3.8, 4) is 0 Å². The summed E-state index contributed by atoms with van der Waals surface area (Å²) in [6.07, 6.45) is 6.44. The maximum absolute atomic E-state index is 12.7. The number of likely N-dealkylation sites (tertiary alicyclic amines) is 1. The van der Waals surface area contributed by atoms with Crippen LogP contribution in [0, 0.1) is 5.92 Å². The summed E-state index contributed by atoms with van der Waals surface area (Å²) in [6.45, 7) is 3.89. The van der Waals surface area contributed by atoms with Gasteiger partial charge in [-0.15, -0.1) is 0 Å². The molecule has 0 aromatic heterocycles. The van der Waals surface area contributed by atoms with Gasteiger partial charge >= 0.3 is 0 Å². The Labute approximate surface area is 156 Å². The van der Waals surface area contributed by atoms with Crippen LogP contribution < -0.4 is 4.90 Å². The molecule has 1 fully saturated rings. The van der Waals surface area contributed by atoms with E-state index in [1.807, 2.05) is 36.2 Å². The summed E-state index contributed by atoms with van der Waals surface area (Å²) in [5.41, 5.74) is 2.44. The number of carbonyl (C=O) groups excluding carboxylic acids is 1. The molecule has 26 heavy (non-hydrogen) atoms. The molecule has 0 unspecified atom stereocenters. The van der Waals surface area contributed by atoms with Gasteiger partial charge < -0.3 is 9.80 Å². The van der Waals surface area contributed by atoms with Gasteiger partial charge in [0, 0.05) is 32.4 Å². The highest BCUT2D eigenvalue weighted by Gasteiger charge is 2.28. The lowest BCUT2D eigenvalue weighted by Crippen LogP contribution is -3.13. The molecule has 0 radical (unpaired) electrons. The first-order valence-electron chi connectivity index (χ1n) is 9.56. The molecule has 0 aliphatic carbocycles. The van der Waals surface area contributed by atoms with Gasteiger partial charge in [-0.05, 0) is 17.2 Å². The van der Waals surface area contributed by atoms with Crippen LogP contribution in [0.3, 0.4) is 0 Å². The van der Waals surface area contributed by atoms with Crippen molar-refractivity contribution < 1.29 is 9.69 Å². The van der Waals surface area contributed by atoms with Crippen LogP contribution in [0.4, 0.5) is 0 Å². The van der Waals surface area contributed by atoms with E-state index < -0.39 is 0 Å². The van der Waals surface area contributed by atoms with Crippen LogP contribution in [0.25, 0.3) is 6.08 Å². The summed E-state index contributed by atoms with van der Waals surface area (Å²) in [5, 5.41) is 0. The first-order chi connectivity index (χ1) is 12.7. The Morgan fingerprint density at radius 2 is 1.65 bits per heavy atom. The first-order valence-corrected chi connectivity index (χ1v) is 9.56. The molecule has 3 heteroatoms. The van der Waals surface area contributed by atoms with Crippen molar-refractivity contribution in [2.45, 2.75) is 19.4 Å². The molecule has 0 bridgehead atoms. The molecular formula is C23H29N2O+. The molecule has 0 spiro atoms. The standard InChI is InChI=1S/C23H28N2O/c1-24(19-21-11-6-3-7-12-21)23(26)22-14-17-25(18-15-22)16-8-13-20-9-4-2-5-10-20/h2-13,22H,14-19H2,1H3/p+1/b13-8+. The molecule has 1 amide bonds. The van der Waals surface area contributed by atoms with E-state index >= 15 is 0 Å². The summed E-state index contributed by atoms with van der Waals surface area (Å²) >= 11 is 0. The van der Waals surface area contributed by atoms with Crippen LogP contribution in [0.5, 0.6) is 0 Å². The van der Waals surface area contributed by atoms with Crippen molar-refractivity contribution in [1.82, 2.24) is 4.90 Å². The molecule has 2 aromatic rings. The van der Waals surface area contributed by atoms with E-state index in [-0.39, 0.29) is 5.92 Å². The van der Waals surface area contributed by atoms with Crippen molar-refractivity contribution in [2.75, 3.05) is 26.7 Å². The van der Waals surface area contributed by atoms with Crippen LogP contribution in [0.2, 0.25) is 0 Å². The van der Waals surface area contributed by atoms with Gasteiger partial charge in [0.2, 0.25) is 5.91 Å². The van der Waals surface area contributed by atoms with Gasteiger partial charge in [0.05, 0.1) is 19.6 Å². The van der Waals surface area contributed by atoms with E-state index in [0.29, 0.717) is 12.5 Å². The first kappa shape index (κ1) is 18.4. The number of quaternary nitrogens is 1. The zero-order chi connectivity index (χ0) is 18.2. The van der Waals surface area contributed by atoms with E-state index in [0.717, 1.165) is 32.5 Å². The number of benzene rings is 2. The molecule has 1 aliphatic heterocycles. The van der Waals surface area contributed by atoms with Crippen LogP contribution >= 0.6 is 0 Å². The van der Waals surface area contributed by atoms with Gasteiger partial charge in [0.1, 0.15) is 0 Å². The Morgan fingerprint density at radius 3 is 2.31 bits per heavy atom. The third-order valence-electron chi connectivity index (χ3n) is 5.20.